The number of nitrogens with zero attached hydrogens (tertiary/aromatic N) is 2. The standard InChI is InChI=1S/C36H34N2O5S/c1-25(44(39,40)41)22-23-37-35-7-5-4-6-33(35)34-24-27(10-21-36(34)37)26-8-11-28(12-9-26)38(29-13-17-31(42-2)18-14-29)30-15-19-32(43-3)20-16-30/h4-21,24-25H,22-23H2,1-3H3,(H,39,40,41). The van der Waals surface area contributed by atoms with Crippen molar-refractivity contribution in [3.63, 3.8) is 0 Å². The van der Waals surface area contributed by atoms with E-state index in [0.717, 1.165) is 61.5 Å². The average Bonchev–Trinajstić information content (AvgIpc) is 3.37. The summed E-state index contributed by atoms with van der Waals surface area (Å²) in [5.41, 5.74) is 7.24. The number of anilines is 3. The summed E-state index contributed by atoms with van der Waals surface area (Å²) in [6, 6.07) is 39.0. The summed E-state index contributed by atoms with van der Waals surface area (Å²) in [7, 11) is -0.763. The number of hydrogen-bond acceptors (Lipinski definition) is 5. The lowest BCUT2D eigenvalue weighted by Gasteiger charge is -2.26. The van der Waals surface area contributed by atoms with Crippen molar-refractivity contribution >= 4 is 49.0 Å². The van der Waals surface area contributed by atoms with Gasteiger partial charge in [0.15, 0.2) is 0 Å². The Kier molecular flexibility index (Phi) is 8.03. The highest BCUT2D eigenvalue weighted by Gasteiger charge is 2.19. The van der Waals surface area contributed by atoms with Crippen LogP contribution in [0.3, 0.4) is 0 Å². The summed E-state index contributed by atoms with van der Waals surface area (Å²) in [6.07, 6.45) is 0.314. The molecule has 6 aromatic rings. The SMILES string of the molecule is COc1ccc(N(c2ccc(OC)cc2)c2ccc(-c3ccc4c(c3)c3ccccc3n4CCC(C)S(=O)(=O)O)cc2)cc1. The minimum atomic E-state index is -4.09. The Labute approximate surface area is 257 Å². The molecule has 224 valence electrons. The predicted molar refractivity (Wildman–Crippen MR) is 178 cm³/mol. The lowest BCUT2D eigenvalue weighted by molar-refractivity contribution is 0.415. The molecule has 0 saturated carbocycles. The Morgan fingerprint density at radius 2 is 1.18 bits per heavy atom. The summed E-state index contributed by atoms with van der Waals surface area (Å²) in [4.78, 5) is 2.19. The monoisotopic (exact) mass is 606 g/mol. The van der Waals surface area contributed by atoms with Crippen molar-refractivity contribution in [1.82, 2.24) is 4.57 Å². The molecule has 0 aliphatic carbocycles. The predicted octanol–water partition coefficient (Wildman–Crippen LogP) is 8.61. The van der Waals surface area contributed by atoms with Crippen LogP contribution >= 0.6 is 0 Å². The molecule has 5 aromatic carbocycles. The maximum absolute atomic E-state index is 11.6. The van der Waals surface area contributed by atoms with Gasteiger partial charge in [-0.1, -0.05) is 36.4 Å². The lowest BCUT2D eigenvalue weighted by Crippen LogP contribution is -2.18. The first-order chi connectivity index (χ1) is 21.3. The highest BCUT2D eigenvalue weighted by atomic mass is 32.2. The van der Waals surface area contributed by atoms with E-state index >= 15 is 0 Å². The number of aromatic nitrogens is 1. The molecule has 8 heteroatoms. The summed E-state index contributed by atoms with van der Waals surface area (Å²) < 4.78 is 45.6. The van der Waals surface area contributed by atoms with E-state index in [1.54, 1.807) is 14.2 Å². The molecular formula is C36H34N2O5S. The van der Waals surface area contributed by atoms with Crippen LogP contribution in [0.1, 0.15) is 13.3 Å². The molecule has 6 rings (SSSR count). The second-order valence-corrected chi connectivity index (χ2v) is 12.6. The van der Waals surface area contributed by atoms with Crippen LogP contribution in [-0.2, 0) is 16.7 Å². The molecule has 0 bridgehead atoms. The second kappa shape index (κ2) is 12.1. The number of ether oxygens (including phenoxy) is 2. The summed E-state index contributed by atoms with van der Waals surface area (Å²) in [5, 5.41) is 1.36. The number of hydrogen-bond donors (Lipinski definition) is 1. The fourth-order valence-electron chi connectivity index (χ4n) is 5.65. The van der Waals surface area contributed by atoms with Crippen LogP contribution in [0.15, 0.2) is 115 Å². The fraction of sp³-hybridized carbons (Fsp3) is 0.167. The zero-order valence-corrected chi connectivity index (χ0v) is 25.7. The van der Waals surface area contributed by atoms with E-state index < -0.39 is 15.4 Å². The van der Waals surface area contributed by atoms with Crippen molar-refractivity contribution in [2.75, 3.05) is 19.1 Å². The third-order valence-electron chi connectivity index (χ3n) is 8.16. The maximum atomic E-state index is 11.6. The summed E-state index contributed by atoms with van der Waals surface area (Å²) in [5.74, 6) is 1.59. The molecule has 0 amide bonds. The molecule has 0 aliphatic heterocycles. The zero-order chi connectivity index (χ0) is 30.8. The molecule has 0 spiro atoms. The van der Waals surface area contributed by atoms with Crippen molar-refractivity contribution in [2.45, 2.75) is 25.1 Å². The molecule has 7 nitrogen and oxygen atoms in total. The Bertz CT molecular complexity index is 1970. The largest absolute Gasteiger partial charge is 0.497 e. The quantitative estimate of drug-likeness (QED) is 0.157. The molecule has 1 atom stereocenters. The van der Waals surface area contributed by atoms with Crippen LogP contribution in [0.4, 0.5) is 17.1 Å². The molecule has 1 heterocycles. The molecule has 1 N–H and O–H groups in total. The first-order valence-electron chi connectivity index (χ1n) is 14.4. The average molecular weight is 607 g/mol. The van der Waals surface area contributed by atoms with Crippen LogP contribution in [0.2, 0.25) is 0 Å². The van der Waals surface area contributed by atoms with Crippen LogP contribution < -0.4 is 14.4 Å². The van der Waals surface area contributed by atoms with Crippen molar-refractivity contribution in [1.29, 1.82) is 0 Å². The van der Waals surface area contributed by atoms with Gasteiger partial charge in [0.2, 0.25) is 0 Å². The first-order valence-corrected chi connectivity index (χ1v) is 15.9. The second-order valence-electron chi connectivity index (χ2n) is 10.8. The van der Waals surface area contributed by atoms with Gasteiger partial charge in [-0.25, -0.2) is 0 Å². The van der Waals surface area contributed by atoms with Gasteiger partial charge < -0.3 is 18.9 Å². The first kappa shape index (κ1) is 29.3. The van der Waals surface area contributed by atoms with Gasteiger partial charge in [-0.05, 0) is 103 Å². The zero-order valence-electron chi connectivity index (χ0n) is 24.8. The molecular weight excluding hydrogens is 572 g/mol. The molecule has 0 fully saturated rings. The third kappa shape index (κ3) is 5.74. The summed E-state index contributed by atoms with van der Waals surface area (Å²) in [6.45, 7) is 2.01. The van der Waals surface area contributed by atoms with Crippen LogP contribution in [0, 0.1) is 0 Å². The van der Waals surface area contributed by atoms with Gasteiger partial charge in [0.25, 0.3) is 10.1 Å². The number of methoxy groups -OCH3 is 2. The fourth-order valence-corrected chi connectivity index (χ4v) is 6.05. The molecule has 1 unspecified atom stereocenters. The van der Waals surface area contributed by atoms with Crippen molar-refractivity contribution < 1.29 is 22.4 Å². The maximum Gasteiger partial charge on any atom is 0.267 e. The van der Waals surface area contributed by atoms with E-state index in [1.165, 1.54) is 6.92 Å². The highest BCUT2D eigenvalue weighted by molar-refractivity contribution is 7.86. The Morgan fingerprint density at radius 1 is 0.682 bits per heavy atom. The van der Waals surface area contributed by atoms with Gasteiger partial charge >= 0.3 is 0 Å². The van der Waals surface area contributed by atoms with Gasteiger partial charge in [0.1, 0.15) is 11.5 Å². The van der Waals surface area contributed by atoms with Gasteiger partial charge in [0.05, 0.1) is 19.5 Å². The number of rotatable bonds is 10. The Balaban J connectivity index is 1.36. The van der Waals surface area contributed by atoms with Crippen molar-refractivity contribution in [2.24, 2.45) is 0 Å². The number of benzene rings is 5. The van der Waals surface area contributed by atoms with Crippen molar-refractivity contribution in [3.8, 4) is 22.6 Å². The van der Waals surface area contributed by atoms with Crippen LogP contribution in [0.25, 0.3) is 32.9 Å². The van der Waals surface area contributed by atoms with Gasteiger partial charge in [-0.3, -0.25) is 4.55 Å². The van der Waals surface area contributed by atoms with Gasteiger partial charge in [-0.15, -0.1) is 0 Å². The van der Waals surface area contributed by atoms with E-state index in [0.29, 0.717) is 13.0 Å². The molecule has 44 heavy (non-hydrogen) atoms. The number of fused-ring (bicyclic) bond motifs is 3. The smallest absolute Gasteiger partial charge is 0.267 e. The van der Waals surface area contributed by atoms with E-state index in [-0.39, 0.29) is 0 Å². The normalized spacial score (nSPS) is 12.4. The van der Waals surface area contributed by atoms with Gasteiger partial charge in [-0.2, -0.15) is 8.42 Å². The molecule has 0 radical (unpaired) electrons. The van der Waals surface area contributed by atoms with Crippen molar-refractivity contribution in [3.05, 3.63) is 115 Å². The number of para-hydroxylation sites is 1. The highest BCUT2D eigenvalue weighted by Crippen LogP contribution is 2.38. The van der Waals surface area contributed by atoms with E-state index in [4.69, 9.17) is 9.47 Å². The Morgan fingerprint density at radius 3 is 1.73 bits per heavy atom. The lowest BCUT2D eigenvalue weighted by atomic mass is 10.0. The topological polar surface area (TPSA) is 81.0 Å². The Hall–Kier alpha value is -4.79. The minimum absolute atomic E-state index is 0.314. The third-order valence-corrected chi connectivity index (χ3v) is 9.41. The molecule has 0 aliphatic rings. The van der Waals surface area contributed by atoms with Crippen LogP contribution in [-0.4, -0.2) is 37.0 Å². The van der Waals surface area contributed by atoms with Gasteiger partial charge in [0, 0.05) is 45.4 Å². The summed E-state index contributed by atoms with van der Waals surface area (Å²) >= 11 is 0. The van der Waals surface area contributed by atoms with E-state index in [2.05, 4.69) is 64.1 Å². The van der Waals surface area contributed by atoms with E-state index in [9.17, 15) is 13.0 Å². The minimum Gasteiger partial charge on any atom is -0.497 e. The number of aryl methyl sites for hydroxylation is 1. The van der Waals surface area contributed by atoms with E-state index in [1.807, 2.05) is 60.7 Å². The molecule has 0 saturated heterocycles. The molecule has 1 aromatic heterocycles. The van der Waals surface area contributed by atoms with Crippen LogP contribution in [0.5, 0.6) is 11.5 Å².